The van der Waals surface area contributed by atoms with Gasteiger partial charge in [0.25, 0.3) is 11.6 Å². The van der Waals surface area contributed by atoms with Crippen LogP contribution in [-0.2, 0) is 14.4 Å². The van der Waals surface area contributed by atoms with Crippen LogP contribution in [0.2, 0.25) is 5.02 Å². The molecule has 1 saturated heterocycles. The number of hydrogen-bond donors (Lipinski definition) is 1. The third kappa shape index (κ3) is 5.66. The number of amides is 1. The topological polar surface area (TPSA) is 106 Å². The molecular formula is C19H19ClN4O5. The lowest BCUT2D eigenvalue weighted by Gasteiger charge is -2.28. The number of nitrogens with zero attached hydrogens (tertiary/aromatic N) is 3. The second-order valence-electron chi connectivity index (χ2n) is 6.14. The molecule has 0 aromatic heterocycles. The van der Waals surface area contributed by atoms with Gasteiger partial charge in [-0.05, 0) is 18.2 Å². The normalized spacial score (nSPS) is 14.0. The molecule has 0 bridgehead atoms. The largest absolute Gasteiger partial charge is 0.386 e. The summed E-state index contributed by atoms with van der Waals surface area (Å²) < 4.78 is 5.28. The molecule has 1 fully saturated rings. The van der Waals surface area contributed by atoms with Crippen LogP contribution in [0, 0.1) is 10.1 Å². The van der Waals surface area contributed by atoms with Crippen LogP contribution >= 0.6 is 11.6 Å². The molecule has 1 amide bonds. The average Bonchev–Trinajstić information content (AvgIpc) is 2.73. The number of nitro groups is 1. The van der Waals surface area contributed by atoms with Crippen LogP contribution in [0.1, 0.15) is 5.56 Å². The summed E-state index contributed by atoms with van der Waals surface area (Å²) in [6.07, 6.45) is 1.32. The fourth-order valence-corrected chi connectivity index (χ4v) is 2.96. The molecule has 10 heteroatoms. The smallest absolute Gasteiger partial charge is 0.293 e. The lowest BCUT2D eigenvalue weighted by atomic mass is 10.1. The Morgan fingerprint density at radius 2 is 2.07 bits per heavy atom. The first-order chi connectivity index (χ1) is 14.0. The molecular weight excluding hydrogens is 400 g/mol. The molecule has 0 saturated carbocycles. The molecule has 2 aromatic carbocycles. The molecule has 0 spiro atoms. The molecule has 29 heavy (non-hydrogen) atoms. The van der Waals surface area contributed by atoms with Crippen LogP contribution < -0.4 is 10.2 Å². The van der Waals surface area contributed by atoms with E-state index in [1.54, 1.807) is 36.4 Å². The van der Waals surface area contributed by atoms with Gasteiger partial charge < -0.3 is 19.8 Å². The fraction of sp³-hybridized carbons (Fsp3) is 0.263. The SMILES string of the molecule is O=C(CO/N=C\c1ccc(N2CCOCC2)c([N+](=O)[O-])c1)Nc1ccccc1Cl. The van der Waals surface area contributed by atoms with E-state index in [9.17, 15) is 14.9 Å². The molecule has 0 aliphatic carbocycles. The first-order valence-corrected chi connectivity index (χ1v) is 9.23. The Kier molecular flexibility index (Phi) is 6.99. The van der Waals surface area contributed by atoms with Crippen molar-refractivity contribution in [3.8, 4) is 0 Å². The Morgan fingerprint density at radius 1 is 1.31 bits per heavy atom. The van der Waals surface area contributed by atoms with E-state index in [-0.39, 0.29) is 12.3 Å². The summed E-state index contributed by atoms with van der Waals surface area (Å²) in [4.78, 5) is 29.8. The summed E-state index contributed by atoms with van der Waals surface area (Å²) in [6.45, 7) is 1.93. The lowest BCUT2D eigenvalue weighted by Crippen LogP contribution is -2.36. The van der Waals surface area contributed by atoms with Crippen molar-refractivity contribution in [2.45, 2.75) is 0 Å². The minimum atomic E-state index is -0.431. The minimum absolute atomic E-state index is 0.0210. The van der Waals surface area contributed by atoms with E-state index in [0.717, 1.165) is 0 Å². The molecule has 1 N–H and O–H groups in total. The number of rotatable bonds is 7. The van der Waals surface area contributed by atoms with E-state index in [4.69, 9.17) is 21.2 Å². The highest BCUT2D eigenvalue weighted by atomic mass is 35.5. The molecule has 1 aliphatic rings. The monoisotopic (exact) mass is 418 g/mol. The summed E-state index contributed by atoms with van der Waals surface area (Å²) in [7, 11) is 0. The van der Waals surface area contributed by atoms with Crippen molar-refractivity contribution >= 4 is 40.8 Å². The number of nitrogens with one attached hydrogen (secondary N) is 1. The van der Waals surface area contributed by atoms with Gasteiger partial charge in [-0.15, -0.1) is 0 Å². The number of halogens is 1. The van der Waals surface area contributed by atoms with Gasteiger partial charge in [0.1, 0.15) is 5.69 Å². The fourth-order valence-electron chi connectivity index (χ4n) is 2.78. The zero-order chi connectivity index (χ0) is 20.6. The molecule has 3 rings (SSSR count). The molecule has 2 aromatic rings. The summed E-state index contributed by atoms with van der Waals surface area (Å²) in [5.74, 6) is -0.427. The second-order valence-corrected chi connectivity index (χ2v) is 6.55. The van der Waals surface area contributed by atoms with Gasteiger partial charge in [-0.25, -0.2) is 0 Å². The number of benzene rings is 2. The number of hydrogen-bond acceptors (Lipinski definition) is 7. The van der Waals surface area contributed by atoms with Gasteiger partial charge in [0.2, 0.25) is 0 Å². The van der Waals surface area contributed by atoms with Crippen LogP contribution in [0.15, 0.2) is 47.6 Å². The number of morpholine rings is 1. The molecule has 1 heterocycles. The quantitative estimate of drug-likeness (QED) is 0.420. The molecule has 0 atom stereocenters. The molecule has 9 nitrogen and oxygen atoms in total. The first kappa shape index (κ1) is 20.6. The number of nitro benzene ring substituents is 1. The maximum Gasteiger partial charge on any atom is 0.293 e. The Hall–Kier alpha value is -3.17. The minimum Gasteiger partial charge on any atom is -0.386 e. The molecule has 0 unspecified atom stereocenters. The zero-order valence-corrected chi connectivity index (χ0v) is 16.2. The van der Waals surface area contributed by atoms with Crippen molar-refractivity contribution in [3.63, 3.8) is 0 Å². The summed E-state index contributed by atoms with van der Waals surface area (Å²) in [5, 5.41) is 18.2. The zero-order valence-electron chi connectivity index (χ0n) is 15.4. The van der Waals surface area contributed by atoms with Crippen LogP contribution in [0.3, 0.4) is 0 Å². The number of oxime groups is 1. The van der Waals surface area contributed by atoms with Crippen LogP contribution in [0.25, 0.3) is 0 Å². The van der Waals surface area contributed by atoms with E-state index in [1.165, 1.54) is 12.3 Å². The van der Waals surface area contributed by atoms with E-state index < -0.39 is 10.8 Å². The summed E-state index contributed by atoms with van der Waals surface area (Å²) in [6, 6.07) is 11.6. The highest BCUT2D eigenvalue weighted by Crippen LogP contribution is 2.29. The maximum absolute atomic E-state index is 11.9. The molecule has 152 valence electrons. The van der Waals surface area contributed by atoms with Crippen molar-refractivity contribution in [1.82, 2.24) is 0 Å². The van der Waals surface area contributed by atoms with Crippen molar-refractivity contribution in [3.05, 3.63) is 63.2 Å². The predicted molar refractivity (Wildman–Crippen MR) is 110 cm³/mol. The lowest BCUT2D eigenvalue weighted by molar-refractivity contribution is -0.384. The predicted octanol–water partition coefficient (Wildman–Crippen LogP) is 3.07. The number of carbonyl (C=O) groups is 1. The number of anilines is 2. The Balaban J connectivity index is 1.58. The van der Waals surface area contributed by atoms with Gasteiger partial charge in [0.15, 0.2) is 6.61 Å². The summed E-state index contributed by atoms with van der Waals surface area (Å²) >= 11 is 5.97. The van der Waals surface area contributed by atoms with Gasteiger partial charge >= 0.3 is 0 Å². The van der Waals surface area contributed by atoms with E-state index in [0.29, 0.717) is 48.3 Å². The number of carbonyl (C=O) groups excluding carboxylic acids is 1. The van der Waals surface area contributed by atoms with Crippen molar-refractivity contribution in [2.75, 3.05) is 43.1 Å². The van der Waals surface area contributed by atoms with Gasteiger partial charge in [-0.1, -0.05) is 35.0 Å². The van der Waals surface area contributed by atoms with Gasteiger partial charge in [-0.2, -0.15) is 0 Å². The third-order valence-electron chi connectivity index (χ3n) is 4.17. The van der Waals surface area contributed by atoms with Crippen molar-refractivity contribution in [2.24, 2.45) is 5.16 Å². The van der Waals surface area contributed by atoms with Crippen LogP contribution in [-0.4, -0.2) is 50.0 Å². The maximum atomic E-state index is 11.9. The van der Waals surface area contributed by atoms with E-state index >= 15 is 0 Å². The van der Waals surface area contributed by atoms with Crippen LogP contribution in [0.5, 0.6) is 0 Å². The highest BCUT2D eigenvalue weighted by Gasteiger charge is 2.21. The Morgan fingerprint density at radius 3 is 2.79 bits per heavy atom. The second kappa shape index (κ2) is 9.85. The Bertz CT molecular complexity index is 915. The molecule has 0 radical (unpaired) electrons. The van der Waals surface area contributed by atoms with Gasteiger partial charge in [0, 0.05) is 24.7 Å². The first-order valence-electron chi connectivity index (χ1n) is 8.85. The third-order valence-corrected chi connectivity index (χ3v) is 4.50. The standard InChI is InChI=1S/C19H19ClN4O5/c20-15-3-1-2-4-16(15)22-19(25)13-29-21-12-14-5-6-17(18(11-14)24(26)27)23-7-9-28-10-8-23/h1-6,11-12H,7-10,13H2,(H,22,25)/b21-12-. The number of ether oxygens (including phenoxy) is 1. The van der Waals surface area contributed by atoms with E-state index in [2.05, 4.69) is 10.5 Å². The van der Waals surface area contributed by atoms with Crippen LogP contribution in [0.4, 0.5) is 17.1 Å². The van der Waals surface area contributed by atoms with Gasteiger partial charge in [-0.3, -0.25) is 14.9 Å². The number of para-hydroxylation sites is 1. The average molecular weight is 419 g/mol. The Labute approximate surface area is 172 Å². The van der Waals surface area contributed by atoms with Crippen molar-refractivity contribution < 1.29 is 19.3 Å². The summed E-state index contributed by atoms with van der Waals surface area (Å²) in [5.41, 5.74) is 1.48. The van der Waals surface area contributed by atoms with Crippen molar-refractivity contribution in [1.29, 1.82) is 0 Å². The van der Waals surface area contributed by atoms with Gasteiger partial charge in [0.05, 0.1) is 35.1 Å². The molecule has 1 aliphatic heterocycles. The highest BCUT2D eigenvalue weighted by molar-refractivity contribution is 6.33. The van der Waals surface area contributed by atoms with E-state index in [1.807, 2.05) is 4.90 Å².